The normalized spacial score (nSPS) is 17.3. The van der Waals surface area contributed by atoms with E-state index in [2.05, 4.69) is 9.67 Å². The quantitative estimate of drug-likeness (QED) is 0.917. The van der Waals surface area contributed by atoms with E-state index in [1.54, 1.807) is 13.3 Å². The fourth-order valence-corrected chi connectivity index (χ4v) is 3.32. The summed E-state index contributed by atoms with van der Waals surface area (Å²) in [5.74, 6) is 0.840. The number of rotatable bonds is 5. The van der Waals surface area contributed by atoms with E-state index in [4.69, 9.17) is 9.84 Å². The standard InChI is InChI=1S/C17H22N4O2/c1-23-11-15-13-10-20(17(22)14-3-2-7-18-14)8-6-16(13)21(19-15)9-12-4-5-12/h2-3,7,12,18H,4-6,8-11H2,1H3. The van der Waals surface area contributed by atoms with Crippen LogP contribution in [0.15, 0.2) is 18.3 Å². The van der Waals surface area contributed by atoms with Gasteiger partial charge in [0.25, 0.3) is 5.91 Å². The molecule has 6 nitrogen and oxygen atoms in total. The third kappa shape index (κ3) is 2.79. The van der Waals surface area contributed by atoms with Crippen molar-refractivity contribution in [2.75, 3.05) is 13.7 Å². The second-order valence-corrected chi connectivity index (χ2v) is 6.49. The number of ether oxygens (including phenoxy) is 1. The summed E-state index contributed by atoms with van der Waals surface area (Å²) >= 11 is 0. The summed E-state index contributed by atoms with van der Waals surface area (Å²) in [7, 11) is 1.69. The average Bonchev–Trinajstić information content (AvgIpc) is 3.09. The molecule has 6 heteroatoms. The number of carbonyl (C=O) groups is 1. The number of nitrogens with zero attached hydrogens (tertiary/aromatic N) is 3. The molecule has 0 aromatic carbocycles. The maximum atomic E-state index is 12.6. The number of fused-ring (bicyclic) bond motifs is 1. The number of aromatic nitrogens is 3. The van der Waals surface area contributed by atoms with Gasteiger partial charge in [0.15, 0.2) is 0 Å². The van der Waals surface area contributed by atoms with Crippen LogP contribution >= 0.6 is 0 Å². The van der Waals surface area contributed by atoms with Gasteiger partial charge in [-0.25, -0.2) is 0 Å². The van der Waals surface area contributed by atoms with Gasteiger partial charge < -0.3 is 14.6 Å². The molecule has 4 rings (SSSR count). The number of amides is 1. The molecule has 1 saturated carbocycles. The van der Waals surface area contributed by atoms with Gasteiger partial charge in [0.2, 0.25) is 0 Å². The SMILES string of the molecule is COCc1nn(CC2CC2)c2c1CN(C(=O)c1ccc[nH]1)CC2. The summed E-state index contributed by atoms with van der Waals surface area (Å²) in [5.41, 5.74) is 4.09. The number of aromatic amines is 1. The number of methoxy groups -OCH3 is 1. The molecule has 0 radical (unpaired) electrons. The number of hydrogen-bond donors (Lipinski definition) is 1. The van der Waals surface area contributed by atoms with E-state index in [0.29, 0.717) is 18.8 Å². The Hall–Kier alpha value is -2.08. The van der Waals surface area contributed by atoms with Crippen LogP contribution in [-0.2, 0) is 30.9 Å². The molecule has 0 unspecified atom stereocenters. The van der Waals surface area contributed by atoms with E-state index in [0.717, 1.165) is 31.1 Å². The highest BCUT2D eigenvalue weighted by atomic mass is 16.5. The maximum absolute atomic E-state index is 12.6. The molecule has 1 amide bonds. The predicted octanol–water partition coefficient (Wildman–Crippen LogP) is 1.97. The fourth-order valence-electron chi connectivity index (χ4n) is 3.32. The third-order valence-corrected chi connectivity index (χ3v) is 4.74. The minimum atomic E-state index is 0.0546. The zero-order valence-corrected chi connectivity index (χ0v) is 13.4. The molecule has 1 aliphatic heterocycles. The minimum absolute atomic E-state index is 0.0546. The van der Waals surface area contributed by atoms with Gasteiger partial charge in [-0.2, -0.15) is 5.10 Å². The van der Waals surface area contributed by atoms with E-state index in [1.165, 1.54) is 24.1 Å². The zero-order valence-electron chi connectivity index (χ0n) is 13.4. The van der Waals surface area contributed by atoms with Crippen LogP contribution in [0.5, 0.6) is 0 Å². The summed E-state index contributed by atoms with van der Waals surface area (Å²) in [4.78, 5) is 17.5. The topological polar surface area (TPSA) is 63.1 Å². The van der Waals surface area contributed by atoms with Crippen molar-refractivity contribution >= 4 is 5.91 Å². The van der Waals surface area contributed by atoms with Crippen LogP contribution in [-0.4, -0.2) is 39.2 Å². The molecular weight excluding hydrogens is 292 g/mol. The lowest BCUT2D eigenvalue weighted by atomic mass is 10.0. The van der Waals surface area contributed by atoms with Crippen molar-refractivity contribution < 1.29 is 9.53 Å². The number of hydrogen-bond acceptors (Lipinski definition) is 3. The highest BCUT2D eigenvalue weighted by molar-refractivity contribution is 5.92. The fraction of sp³-hybridized carbons (Fsp3) is 0.529. The van der Waals surface area contributed by atoms with Crippen LogP contribution in [0.4, 0.5) is 0 Å². The Bertz CT molecular complexity index is 701. The second kappa shape index (κ2) is 5.85. The van der Waals surface area contributed by atoms with E-state index in [1.807, 2.05) is 17.0 Å². The van der Waals surface area contributed by atoms with E-state index < -0.39 is 0 Å². The molecule has 0 bridgehead atoms. The van der Waals surface area contributed by atoms with Crippen LogP contribution in [0.3, 0.4) is 0 Å². The smallest absolute Gasteiger partial charge is 0.270 e. The van der Waals surface area contributed by atoms with E-state index in [-0.39, 0.29) is 5.91 Å². The van der Waals surface area contributed by atoms with Crippen LogP contribution in [0.1, 0.15) is 40.3 Å². The Kier molecular flexibility index (Phi) is 3.69. The molecule has 1 fully saturated rings. The number of H-pyrrole nitrogens is 1. The van der Waals surface area contributed by atoms with Crippen molar-refractivity contribution in [3.8, 4) is 0 Å². The van der Waals surface area contributed by atoms with Crippen molar-refractivity contribution in [2.24, 2.45) is 5.92 Å². The lowest BCUT2D eigenvalue weighted by Gasteiger charge is -2.27. The largest absolute Gasteiger partial charge is 0.378 e. The van der Waals surface area contributed by atoms with Gasteiger partial charge in [-0.3, -0.25) is 9.48 Å². The first kappa shape index (κ1) is 14.5. The maximum Gasteiger partial charge on any atom is 0.270 e. The monoisotopic (exact) mass is 314 g/mol. The van der Waals surface area contributed by atoms with Crippen LogP contribution < -0.4 is 0 Å². The molecule has 1 N–H and O–H groups in total. The summed E-state index contributed by atoms with van der Waals surface area (Å²) in [6.45, 7) is 2.88. The Morgan fingerprint density at radius 1 is 1.48 bits per heavy atom. The van der Waals surface area contributed by atoms with E-state index in [9.17, 15) is 4.79 Å². The molecule has 3 heterocycles. The first-order valence-corrected chi connectivity index (χ1v) is 8.25. The van der Waals surface area contributed by atoms with Crippen LogP contribution in [0.25, 0.3) is 0 Å². The molecule has 1 aliphatic carbocycles. The molecule has 122 valence electrons. The van der Waals surface area contributed by atoms with Crippen LogP contribution in [0.2, 0.25) is 0 Å². The summed E-state index contributed by atoms with van der Waals surface area (Å²) < 4.78 is 7.47. The molecule has 0 atom stereocenters. The Morgan fingerprint density at radius 3 is 3.04 bits per heavy atom. The van der Waals surface area contributed by atoms with E-state index >= 15 is 0 Å². The lowest BCUT2D eigenvalue weighted by molar-refractivity contribution is 0.0726. The molecule has 2 aliphatic rings. The first-order chi connectivity index (χ1) is 11.3. The minimum Gasteiger partial charge on any atom is -0.378 e. The predicted molar refractivity (Wildman–Crippen MR) is 84.9 cm³/mol. The average molecular weight is 314 g/mol. The highest BCUT2D eigenvalue weighted by Crippen LogP contribution is 2.32. The van der Waals surface area contributed by atoms with Gasteiger partial charge in [0, 0.05) is 50.6 Å². The molecule has 2 aromatic heterocycles. The number of nitrogens with one attached hydrogen (secondary N) is 1. The zero-order chi connectivity index (χ0) is 15.8. The Labute approximate surface area is 135 Å². The van der Waals surface area contributed by atoms with Gasteiger partial charge >= 0.3 is 0 Å². The van der Waals surface area contributed by atoms with Gasteiger partial charge in [-0.15, -0.1) is 0 Å². The van der Waals surface area contributed by atoms with Gasteiger partial charge in [-0.05, 0) is 30.9 Å². The lowest BCUT2D eigenvalue weighted by Crippen LogP contribution is -2.36. The summed E-state index contributed by atoms with van der Waals surface area (Å²) in [6, 6.07) is 3.68. The highest BCUT2D eigenvalue weighted by Gasteiger charge is 2.30. The summed E-state index contributed by atoms with van der Waals surface area (Å²) in [6.07, 6.45) is 5.27. The molecule has 2 aromatic rings. The molecule has 23 heavy (non-hydrogen) atoms. The third-order valence-electron chi connectivity index (χ3n) is 4.74. The van der Waals surface area contributed by atoms with Crippen molar-refractivity contribution in [1.82, 2.24) is 19.7 Å². The Morgan fingerprint density at radius 2 is 2.35 bits per heavy atom. The molecule has 0 saturated heterocycles. The Balaban J connectivity index is 1.59. The van der Waals surface area contributed by atoms with Gasteiger partial charge in [0.05, 0.1) is 12.3 Å². The van der Waals surface area contributed by atoms with Crippen molar-refractivity contribution in [3.05, 3.63) is 41.0 Å². The number of carbonyl (C=O) groups excluding carboxylic acids is 1. The second-order valence-electron chi connectivity index (χ2n) is 6.49. The van der Waals surface area contributed by atoms with Crippen LogP contribution in [0, 0.1) is 5.92 Å². The van der Waals surface area contributed by atoms with Gasteiger partial charge in [-0.1, -0.05) is 0 Å². The summed E-state index contributed by atoms with van der Waals surface area (Å²) in [5, 5.41) is 4.76. The molecule has 0 spiro atoms. The first-order valence-electron chi connectivity index (χ1n) is 8.25. The molecular formula is C17H22N4O2. The van der Waals surface area contributed by atoms with Gasteiger partial charge in [0.1, 0.15) is 5.69 Å². The van der Waals surface area contributed by atoms with Crippen molar-refractivity contribution in [3.63, 3.8) is 0 Å². The van der Waals surface area contributed by atoms with Crippen molar-refractivity contribution in [1.29, 1.82) is 0 Å². The van der Waals surface area contributed by atoms with Crippen molar-refractivity contribution in [2.45, 2.75) is 39.0 Å².